The zero-order valence-electron chi connectivity index (χ0n) is 12.4. The van der Waals surface area contributed by atoms with Crippen molar-refractivity contribution < 1.29 is 14.3 Å². The Kier molecular flexibility index (Phi) is 4.96. The Bertz CT molecular complexity index is 543. The molecule has 1 atom stereocenters. The van der Waals surface area contributed by atoms with Crippen molar-refractivity contribution in [3.05, 3.63) is 35.7 Å². The SMILES string of the molecule is CN(C)CC1CCCN1c1ccc(F)cc1C=CC(=O)O. The molecule has 1 aliphatic rings. The minimum Gasteiger partial charge on any atom is -0.478 e. The molecule has 2 rings (SSSR count). The van der Waals surface area contributed by atoms with Crippen molar-refractivity contribution in [2.75, 3.05) is 32.1 Å². The molecule has 0 amide bonds. The van der Waals surface area contributed by atoms with E-state index in [-0.39, 0.29) is 5.82 Å². The predicted molar refractivity (Wildman–Crippen MR) is 82.0 cm³/mol. The van der Waals surface area contributed by atoms with Crippen LogP contribution in [0.5, 0.6) is 0 Å². The highest BCUT2D eigenvalue weighted by atomic mass is 19.1. The molecule has 0 spiro atoms. The summed E-state index contributed by atoms with van der Waals surface area (Å²) in [5.41, 5.74) is 1.52. The minimum absolute atomic E-state index is 0.354. The number of hydrogen-bond acceptors (Lipinski definition) is 3. The van der Waals surface area contributed by atoms with E-state index < -0.39 is 5.97 Å². The molecule has 0 aliphatic carbocycles. The van der Waals surface area contributed by atoms with E-state index in [2.05, 4.69) is 9.80 Å². The summed E-state index contributed by atoms with van der Waals surface area (Å²) in [6.07, 6.45) is 4.71. The van der Waals surface area contributed by atoms with Gasteiger partial charge in [0.2, 0.25) is 0 Å². The standard InChI is InChI=1S/C16H21FN2O2/c1-18(2)11-14-4-3-9-19(14)15-7-6-13(17)10-12(15)5-8-16(20)21/h5-8,10,14H,3-4,9,11H2,1-2H3,(H,20,21). The fraction of sp³-hybridized carbons (Fsp3) is 0.438. The molecule has 0 radical (unpaired) electrons. The Morgan fingerprint density at radius 3 is 2.95 bits per heavy atom. The number of carboxylic acids is 1. The lowest BCUT2D eigenvalue weighted by molar-refractivity contribution is -0.131. The first-order valence-electron chi connectivity index (χ1n) is 7.09. The number of halogens is 1. The Hall–Kier alpha value is -1.88. The molecule has 0 bridgehead atoms. The number of benzene rings is 1. The fourth-order valence-electron chi connectivity index (χ4n) is 2.85. The summed E-state index contributed by atoms with van der Waals surface area (Å²) in [5, 5.41) is 8.77. The van der Waals surface area contributed by atoms with Gasteiger partial charge in [0, 0.05) is 36.5 Å². The van der Waals surface area contributed by atoms with Gasteiger partial charge in [-0.25, -0.2) is 9.18 Å². The van der Waals surface area contributed by atoms with Crippen molar-refractivity contribution in [2.24, 2.45) is 0 Å². The van der Waals surface area contributed by atoms with E-state index in [1.807, 2.05) is 14.1 Å². The molecule has 4 nitrogen and oxygen atoms in total. The van der Waals surface area contributed by atoms with Crippen LogP contribution in [0.15, 0.2) is 24.3 Å². The largest absolute Gasteiger partial charge is 0.478 e. The lowest BCUT2D eigenvalue weighted by Crippen LogP contribution is -2.37. The van der Waals surface area contributed by atoms with Crippen LogP contribution < -0.4 is 4.90 Å². The molecular formula is C16H21FN2O2. The zero-order chi connectivity index (χ0) is 15.4. The molecule has 0 aromatic heterocycles. The van der Waals surface area contributed by atoms with Crippen LogP contribution in [-0.2, 0) is 4.79 Å². The number of rotatable bonds is 5. The van der Waals surface area contributed by atoms with Crippen LogP contribution in [0.3, 0.4) is 0 Å². The zero-order valence-corrected chi connectivity index (χ0v) is 12.4. The van der Waals surface area contributed by atoms with Gasteiger partial charge in [0.15, 0.2) is 0 Å². The quantitative estimate of drug-likeness (QED) is 0.847. The number of anilines is 1. The van der Waals surface area contributed by atoms with Gasteiger partial charge in [0.05, 0.1) is 0 Å². The summed E-state index contributed by atoms with van der Waals surface area (Å²) in [6.45, 7) is 1.84. The summed E-state index contributed by atoms with van der Waals surface area (Å²) in [5.74, 6) is -1.39. The molecule has 114 valence electrons. The first-order valence-corrected chi connectivity index (χ1v) is 7.09. The van der Waals surface area contributed by atoms with Gasteiger partial charge in [0.25, 0.3) is 0 Å². The van der Waals surface area contributed by atoms with Gasteiger partial charge < -0.3 is 14.9 Å². The van der Waals surface area contributed by atoms with Crippen LogP contribution in [0.4, 0.5) is 10.1 Å². The molecule has 21 heavy (non-hydrogen) atoms. The monoisotopic (exact) mass is 292 g/mol. The maximum Gasteiger partial charge on any atom is 0.328 e. The third-order valence-electron chi connectivity index (χ3n) is 3.66. The molecule has 1 fully saturated rings. The summed E-state index contributed by atoms with van der Waals surface area (Å²) in [6, 6.07) is 4.94. The highest BCUT2D eigenvalue weighted by Crippen LogP contribution is 2.30. The normalized spacial score (nSPS) is 18.9. The lowest BCUT2D eigenvalue weighted by Gasteiger charge is -2.30. The van der Waals surface area contributed by atoms with Crippen LogP contribution in [0, 0.1) is 5.82 Å². The average molecular weight is 292 g/mol. The van der Waals surface area contributed by atoms with Crippen molar-refractivity contribution in [2.45, 2.75) is 18.9 Å². The summed E-state index contributed by atoms with van der Waals surface area (Å²) in [7, 11) is 4.07. The molecular weight excluding hydrogens is 271 g/mol. The van der Waals surface area contributed by atoms with Crippen molar-refractivity contribution in [3.8, 4) is 0 Å². The second kappa shape index (κ2) is 6.72. The molecule has 1 aliphatic heterocycles. The predicted octanol–water partition coefficient (Wildman–Crippen LogP) is 2.45. The van der Waals surface area contributed by atoms with E-state index in [1.54, 1.807) is 6.07 Å². The summed E-state index contributed by atoms with van der Waals surface area (Å²) < 4.78 is 13.5. The number of nitrogens with zero attached hydrogens (tertiary/aromatic N) is 2. The van der Waals surface area contributed by atoms with E-state index in [0.717, 1.165) is 37.7 Å². The van der Waals surface area contributed by atoms with Gasteiger partial charge in [-0.15, -0.1) is 0 Å². The van der Waals surface area contributed by atoms with Crippen LogP contribution in [0.25, 0.3) is 6.08 Å². The molecule has 5 heteroatoms. The van der Waals surface area contributed by atoms with Gasteiger partial charge in [-0.1, -0.05) is 0 Å². The van der Waals surface area contributed by atoms with Crippen LogP contribution in [0.2, 0.25) is 0 Å². The molecule has 1 saturated heterocycles. The number of carboxylic acid groups (broad SMARTS) is 1. The van der Waals surface area contributed by atoms with E-state index in [0.29, 0.717) is 11.6 Å². The van der Waals surface area contributed by atoms with E-state index in [1.165, 1.54) is 18.2 Å². The topological polar surface area (TPSA) is 43.8 Å². The molecule has 1 unspecified atom stereocenters. The highest BCUT2D eigenvalue weighted by molar-refractivity contribution is 5.87. The van der Waals surface area contributed by atoms with E-state index >= 15 is 0 Å². The second-order valence-electron chi connectivity index (χ2n) is 5.63. The Labute approximate surface area is 124 Å². The van der Waals surface area contributed by atoms with Crippen LogP contribution in [-0.4, -0.2) is 49.2 Å². The maximum absolute atomic E-state index is 13.5. The van der Waals surface area contributed by atoms with Crippen molar-refractivity contribution >= 4 is 17.7 Å². The fourth-order valence-corrected chi connectivity index (χ4v) is 2.85. The average Bonchev–Trinajstić information content (AvgIpc) is 2.83. The van der Waals surface area contributed by atoms with Gasteiger partial charge >= 0.3 is 5.97 Å². The highest BCUT2D eigenvalue weighted by Gasteiger charge is 2.26. The maximum atomic E-state index is 13.5. The minimum atomic E-state index is -1.03. The third kappa shape index (κ3) is 4.04. The summed E-state index contributed by atoms with van der Waals surface area (Å²) in [4.78, 5) is 15.1. The van der Waals surface area contributed by atoms with Gasteiger partial charge in [-0.3, -0.25) is 0 Å². The number of likely N-dealkylation sites (N-methyl/N-ethyl adjacent to an activating group) is 1. The summed E-state index contributed by atoms with van der Waals surface area (Å²) >= 11 is 0. The van der Waals surface area contributed by atoms with Crippen LogP contribution >= 0.6 is 0 Å². The van der Waals surface area contributed by atoms with Crippen molar-refractivity contribution in [1.82, 2.24) is 4.90 Å². The van der Waals surface area contributed by atoms with Crippen molar-refractivity contribution in [1.29, 1.82) is 0 Å². The molecule has 1 N–H and O–H groups in total. The molecule has 1 heterocycles. The first kappa shape index (κ1) is 15.5. The first-order chi connectivity index (χ1) is 9.97. The Morgan fingerprint density at radius 1 is 1.52 bits per heavy atom. The molecule has 1 aromatic carbocycles. The van der Waals surface area contributed by atoms with Gasteiger partial charge in [-0.2, -0.15) is 0 Å². The van der Waals surface area contributed by atoms with Gasteiger partial charge in [-0.05, 0) is 51.2 Å². The van der Waals surface area contributed by atoms with Crippen LogP contribution in [0.1, 0.15) is 18.4 Å². The Balaban J connectivity index is 2.31. The number of hydrogen-bond donors (Lipinski definition) is 1. The van der Waals surface area contributed by atoms with Gasteiger partial charge in [0.1, 0.15) is 5.82 Å². The lowest BCUT2D eigenvalue weighted by atomic mass is 10.1. The smallest absolute Gasteiger partial charge is 0.328 e. The molecule has 0 saturated carbocycles. The van der Waals surface area contributed by atoms with E-state index in [9.17, 15) is 9.18 Å². The second-order valence-corrected chi connectivity index (χ2v) is 5.63. The van der Waals surface area contributed by atoms with Crippen molar-refractivity contribution in [3.63, 3.8) is 0 Å². The number of carbonyl (C=O) groups is 1. The molecule has 1 aromatic rings. The number of aliphatic carboxylic acids is 1. The van der Waals surface area contributed by atoms with E-state index in [4.69, 9.17) is 5.11 Å². The third-order valence-corrected chi connectivity index (χ3v) is 3.66. The Morgan fingerprint density at radius 2 is 2.29 bits per heavy atom.